The molecule has 0 saturated carbocycles. The van der Waals surface area contributed by atoms with Gasteiger partial charge in [0.15, 0.2) is 6.10 Å². The van der Waals surface area contributed by atoms with Crippen molar-refractivity contribution in [3.8, 4) is 12.3 Å². The van der Waals surface area contributed by atoms with Gasteiger partial charge in [0.2, 0.25) is 0 Å². The van der Waals surface area contributed by atoms with E-state index in [0.717, 1.165) is 0 Å². The molecule has 0 heterocycles. The van der Waals surface area contributed by atoms with Gasteiger partial charge >= 0.3 is 5.97 Å². The molecule has 0 aliphatic rings. The molecule has 0 rings (SSSR count). The third kappa shape index (κ3) is 3.96. The van der Waals surface area contributed by atoms with Gasteiger partial charge in [-0.15, -0.1) is 6.42 Å². The molecule has 2 heteroatoms. The maximum atomic E-state index is 10.7. The van der Waals surface area contributed by atoms with Gasteiger partial charge in [-0.1, -0.05) is 12.8 Å². The monoisotopic (exact) mass is 139 g/mol. The second kappa shape index (κ2) is 4.87. The van der Waals surface area contributed by atoms with Crippen LogP contribution in [0.2, 0.25) is 0 Å². The molecule has 55 valence electrons. The molecule has 1 unspecified atom stereocenters. The van der Waals surface area contributed by atoms with E-state index in [9.17, 15) is 4.79 Å². The van der Waals surface area contributed by atoms with Gasteiger partial charge in [0.25, 0.3) is 0 Å². The molecule has 0 aliphatic carbocycles. The predicted molar refractivity (Wildman–Crippen MR) is 39.0 cm³/mol. The number of rotatable bonds is 3. The van der Waals surface area contributed by atoms with Gasteiger partial charge in [0.1, 0.15) is 0 Å². The average Bonchev–Trinajstić information content (AvgIpc) is 1.88. The lowest BCUT2D eigenvalue weighted by atomic mass is 10.3. The molecular formula is C8H11O2. The Hall–Kier alpha value is -0.970. The lowest BCUT2D eigenvalue weighted by molar-refractivity contribution is -0.145. The summed E-state index contributed by atoms with van der Waals surface area (Å²) in [5.41, 5.74) is 0. The van der Waals surface area contributed by atoms with E-state index in [2.05, 4.69) is 12.8 Å². The number of hydrogen-bond donors (Lipinski definition) is 0. The Labute approximate surface area is 61.6 Å². The minimum absolute atomic E-state index is 0.277. The molecule has 0 spiro atoms. The lowest BCUT2D eigenvalue weighted by Crippen LogP contribution is -2.11. The number of ether oxygens (including phenoxy) is 1. The van der Waals surface area contributed by atoms with Gasteiger partial charge in [-0.05, 0) is 13.3 Å². The average molecular weight is 139 g/mol. The quantitative estimate of drug-likeness (QED) is 0.433. The molecule has 1 atom stereocenters. The highest BCUT2D eigenvalue weighted by molar-refractivity contribution is 5.69. The summed E-state index contributed by atoms with van der Waals surface area (Å²) in [5, 5.41) is 0. The Kier molecular flexibility index (Phi) is 4.39. The topological polar surface area (TPSA) is 26.3 Å². The zero-order chi connectivity index (χ0) is 7.98. The molecule has 0 aromatic carbocycles. The molecular weight excluding hydrogens is 128 g/mol. The van der Waals surface area contributed by atoms with E-state index in [0.29, 0.717) is 12.8 Å². The largest absolute Gasteiger partial charge is 0.449 e. The molecule has 0 N–H and O–H groups in total. The smallest absolute Gasteiger partial charge is 0.307 e. The van der Waals surface area contributed by atoms with Crippen LogP contribution in [0, 0.1) is 19.3 Å². The number of terminal acetylenes is 1. The van der Waals surface area contributed by atoms with Crippen molar-refractivity contribution < 1.29 is 9.53 Å². The Morgan fingerprint density at radius 1 is 1.90 bits per heavy atom. The van der Waals surface area contributed by atoms with Crippen molar-refractivity contribution in [2.45, 2.75) is 25.9 Å². The molecule has 1 radical (unpaired) electrons. The predicted octanol–water partition coefficient (Wildman–Crippen LogP) is 1.17. The van der Waals surface area contributed by atoms with Gasteiger partial charge < -0.3 is 4.74 Å². The van der Waals surface area contributed by atoms with E-state index in [1.54, 1.807) is 6.92 Å². The molecule has 0 fully saturated rings. The zero-order valence-electron chi connectivity index (χ0n) is 6.09. The van der Waals surface area contributed by atoms with Crippen LogP contribution in [0.15, 0.2) is 0 Å². The first kappa shape index (κ1) is 9.03. The molecule has 0 aliphatic heterocycles. The Morgan fingerprint density at radius 2 is 2.50 bits per heavy atom. The molecule has 10 heavy (non-hydrogen) atoms. The van der Waals surface area contributed by atoms with Gasteiger partial charge in [-0.2, -0.15) is 0 Å². The molecule has 0 aromatic rings. The Bertz CT molecular complexity index is 144. The third-order valence-corrected chi connectivity index (χ3v) is 0.924. The highest BCUT2D eigenvalue weighted by Crippen LogP contribution is 1.94. The summed E-state index contributed by atoms with van der Waals surface area (Å²) in [5.74, 6) is 2.01. The number of carbonyl (C=O) groups is 1. The van der Waals surface area contributed by atoms with E-state index >= 15 is 0 Å². The summed E-state index contributed by atoms with van der Waals surface area (Å²) < 4.78 is 4.72. The Morgan fingerprint density at radius 3 is 2.90 bits per heavy atom. The molecule has 0 aromatic heterocycles. The van der Waals surface area contributed by atoms with Crippen LogP contribution >= 0.6 is 0 Å². The van der Waals surface area contributed by atoms with E-state index < -0.39 is 6.10 Å². The summed E-state index contributed by atoms with van der Waals surface area (Å²) in [6.45, 7) is 5.16. The van der Waals surface area contributed by atoms with Crippen LogP contribution in [-0.2, 0) is 9.53 Å². The molecule has 0 saturated heterocycles. The highest BCUT2D eigenvalue weighted by Gasteiger charge is 2.03. The summed E-state index contributed by atoms with van der Waals surface area (Å²) >= 11 is 0. The van der Waals surface area contributed by atoms with E-state index in [4.69, 9.17) is 11.2 Å². The normalized spacial score (nSPS) is 11.7. The van der Waals surface area contributed by atoms with Crippen molar-refractivity contribution >= 4 is 5.97 Å². The second-order valence-corrected chi connectivity index (χ2v) is 1.90. The number of esters is 1. The van der Waals surface area contributed by atoms with Crippen LogP contribution in [-0.4, -0.2) is 12.1 Å². The summed E-state index contributed by atoms with van der Waals surface area (Å²) in [6, 6.07) is 0. The first-order chi connectivity index (χ1) is 4.70. The van der Waals surface area contributed by atoms with Gasteiger partial charge in [0, 0.05) is 6.42 Å². The third-order valence-electron chi connectivity index (χ3n) is 0.924. The van der Waals surface area contributed by atoms with Crippen LogP contribution in [0.4, 0.5) is 0 Å². The van der Waals surface area contributed by atoms with Gasteiger partial charge in [-0.25, -0.2) is 0 Å². The summed E-state index contributed by atoms with van der Waals surface area (Å²) in [7, 11) is 0. The van der Waals surface area contributed by atoms with Crippen molar-refractivity contribution in [3.05, 3.63) is 6.92 Å². The van der Waals surface area contributed by atoms with Crippen molar-refractivity contribution in [1.29, 1.82) is 0 Å². The van der Waals surface area contributed by atoms with Crippen LogP contribution in [0.3, 0.4) is 0 Å². The minimum Gasteiger partial charge on any atom is -0.449 e. The van der Waals surface area contributed by atoms with E-state index in [1.807, 2.05) is 0 Å². The fraction of sp³-hybridized carbons (Fsp3) is 0.500. The highest BCUT2D eigenvalue weighted by atomic mass is 16.5. The van der Waals surface area contributed by atoms with Gasteiger partial charge in [0.05, 0.1) is 0 Å². The van der Waals surface area contributed by atoms with Crippen LogP contribution in [0.1, 0.15) is 19.8 Å². The second-order valence-electron chi connectivity index (χ2n) is 1.90. The Balaban J connectivity index is 3.49. The maximum absolute atomic E-state index is 10.7. The van der Waals surface area contributed by atoms with Crippen LogP contribution in [0.25, 0.3) is 0 Å². The number of hydrogen-bond acceptors (Lipinski definition) is 2. The first-order valence-corrected chi connectivity index (χ1v) is 3.15. The fourth-order valence-electron chi connectivity index (χ4n) is 0.434. The van der Waals surface area contributed by atoms with Gasteiger partial charge in [-0.3, -0.25) is 4.79 Å². The maximum Gasteiger partial charge on any atom is 0.307 e. The van der Waals surface area contributed by atoms with Crippen LogP contribution in [0.5, 0.6) is 0 Å². The summed E-state index contributed by atoms with van der Waals surface area (Å²) in [4.78, 5) is 10.7. The molecule has 0 bridgehead atoms. The van der Waals surface area contributed by atoms with Crippen molar-refractivity contribution in [1.82, 2.24) is 0 Å². The SMILES string of the molecule is C#CC(C)OC(=O)CC[CH2]. The van der Waals surface area contributed by atoms with Crippen molar-refractivity contribution in [2.75, 3.05) is 0 Å². The lowest BCUT2D eigenvalue weighted by Gasteiger charge is -2.04. The standard InChI is InChI=1S/C8H11O2/c1-4-6-8(9)10-7(3)5-2/h2,7H,1,4,6H2,3H3. The van der Waals surface area contributed by atoms with Crippen molar-refractivity contribution in [3.63, 3.8) is 0 Å². The van der Waals surface area contributed by atoms with E-state index in [-0.39, 0.29) is 5.97 Å². The fourth-order valence-corrected chi connectivity index (χ4v) is 0.434. The first-order valence-electron chi connectivity index (χ1n) is 3.15. The zero-order valence-corrected chi connectivity index (χ0v) is 6.09. The summed E-state index contributed by atoms with van der Waals surface area (Å²) in [6.07, 6.45) is 5.45. The number of carbonyl (C=O) groups excluding carboxylic acids is 1. The molecule has 0 amide bonds. The van der Waals surface area contributed by atoms with Crippen molar-refractivity contribution in [2.24, 2.45) is 0 Å². The molecule has 2 nitrogen and oxygen atoms in total. The van der Waals surface area contributed by atoms with Crippen LogP contribution < -0.4 is 0 Å². The minimum atomic E-state index is -0.418. The van der Waals surface area contributed by atoms with E-state index in [1.165, 1.54) is 0 Å².